The summed E-state index contributed by atoms with van der Waals surface area (Å²) in [5, 5.41) is 27.4. The number of hydrogen-bond donors (Lipinski definition) is 4. The van der Waals surface area contributed by atoms with E-state index in [1.54, 1.807) is 139 Å². The first-order valence-corrected chi connectivity index (χ1v) is 46.6. The van der Waals surface area contributed by atoms with Gasteiger partial charge in [0.1, 0.15) is 38.9 Å². The summed E-state index contributed by atoms with van der Waals surface area (Å²) < 4.78 is 21.3. The highest BCUT2D eigenvalue weighted by Gasteiger charge is 2.39. The minimum absolute atomic E-state index is 0.0719. The number of likely N-dealkylation sites (N-methyl/N-ethyl adjacent to an activating group) is 4. The second-order valence-corrected chi connectivity index (χ2v) is 36.1. The molecule has 688 valence electrons. The molecule has 7 aromatic carbocycles. The van der Waals surface area contributed by atoms with Crippen molar-refractivity contribution in [3.8, 4) is 11.5 Å². The van der Waals surface area contributed by atoms with Crippen LogP contribution in [0.15, 0.2) is 260 Å². The SMILES string of the molecule is C=CCN1C(=O)/C(=C\c2ccc(N3CCOCC3)cc2C)C(=O)NC1=S.CCOC(=O)C1=C(Cc2cccc(Cl)c2)S/C(=C\c2ccco2)C1=O.CCc1ccc(C=C2C(=O)N(C)C(=S)N(C)C2=O)cc1.Cc1ccc(C2=NC(=O)/C(=C/c3cc(O)c(O)c(Br)c3)S2)cc1.Cc1ccccc1C=C1C(=O)N(C)C(=S)N(C)C1=O.O=C1NC(=Nc2cccc(Cl)c2Cl)S/C1=C/c1ccco1. The lowest BCUT2D eigenvalue weighted by Crippen LogP contribution is -2.53. The number of aliphatic imine (C=N–C) groups is 2. The van der Waals surface area contributed by atoms with Crippen LogP contribution in [0.25, 0.3) is 36.5 Å². The summed E-state index contributed by atoms with van der Waals surface area (Å²) in [4.78, 5) is 142. The summed E-state index contributed by atoms with van der Waals surface area (Å²) in [5.41, 5.74) is 11.3. The molecule has 5 saturated heterocycles. The predicted molar refractivity (Wildman–Crippen MR) is 544 cm³/mol. The number of thioether (sulfide) groups is 3. The molecule has 7 aliphatic rings. The fourth-order valence-electron chi connectivity index (χ4n) is 13.0. The van der Waals surface area contributed by atoms with Crippen LogP contribution in [-0.4, -0.2) is 187 Å². The number of amides is 8. The maximum absolute atomic E-state index is 12.7. The number of ketones is 1. The number of nitrogens with zero attached hydrogens (tertiary/aromatic N) is 8. The van der Waals surface area contributed by atoms with E-state index >= 15 is 0 Å². The van der Waals surface area contributed by atoms with Gasteiger partial charge in [-0.25, -0.2) is 14.8 Å². The number of thiocarbonyl (C=S) groups is 3. The van der Waals surface area contributed by atoms with E-state index in [0.717, 1.165) is 82.9 Å². The maximum Gasteiger partial charge on any atom is 0.343 e. The largest absolute Gasteiger partial charge is 0.504 e. The molecule has 9 aromatic rings. The highest BCUT2D eigenvalue weighted by molar-refractivity contribution is 9.10. The zero-order valence-corrected chi connectivity index (χ0v) is 82.1. The Kier molecular flexibility index (Phi) is 36.1. The molecule has 36 heteroatoms. The number of esters is 1. The van der Waals surface area contributed by atoms with Crippen LogP contribution in [0, 0.1) is 20.8 Å². The third-order valence-electron chi connectivity index (χ3n) is 20.3. The first-order valence-electron chi connectivity index (χ1n) is 41.0. The number of rotatable bonds is 16. The lowest BCUT2D eigenvalue weighted by atomic mass is 10.0. The molecule has 16 rings (SSSR count). The van der Waals surface area contributed by atoms with Gasteiger partial charge in [-0.05, 0) is 246 Å². The van der Waals surface area contributed by atoms with E-state index in [1.807, 2.05) is 124 Å². The summed E-state index contributed by atoms with van der Waals surface area (Å²) in [5.74, 6) is -3.12. The highest BCUT2D eigenvalue weighted by Crippen LogP contribution is 2.43. The molecule has 134 heavy (non-hydrogen) atoms. The van der Waals surface area contributed by atoms with Gasteiger partial charge >= 0.3 is 5.97 Å². The second-order valence-electron chi connectivity index (χ2n) is 29.7. The number of Topliss-reactive ketones (excluding diaryl/α,β-unsaturated/α-hetero) is 1. The number of ether oxygens (including phenoxy) is 2. The number of allylic oxidation sites excluding steroid dienone is 2. The van der Waals surface area contributed by atoms with Crippen molar-refractivity contribution in [2.24, 2.45) is 9.98 Å². The smallest absolute Gasteiger partial charge is 0.343 e. The molecule has 0 bridgehead atoms. The van der Waals surface area contributed by atoms with E-state index in [0.29, 0.717) is 78.6 Å². The summed E-state index contributed by atoms with van der Waals surface area (Å²) in [6, 6.07) is 51.7. The minimum atomic E-state index is -0.597. The Morgan fingerprint density at radius 2 is 1.20 bits per heavy atom. The molecule has 8 amide bonds. The van der Waals surface area contributed by atoms with Crippen molar-refractivity contribution in [1.82, 2.24) is 35.1 Å². The van der Waals surface area contributed by atoms with Gasteiger partial charge in [-0.2, -0.15) is 0 Å². The number of hydrogen-bond acceptors (Lipinski definition) is 24. The van der Waals surface area contributed by atoms with Crippen LogP contribution in [-0.2, 0) is 70.3 Å². The third-order valence-corrected chi connectivity index (χ3v) is 26.4. The zero-order valence-electron chi connectivity index (χ0n) is 73.4. The maximum atomic E-state index is 12.7. The standard InChI is InChI=1S/C19H15ClO4S.C19H21N3O3S.C17H12BrNO3S.C15H16N2O2S.C14H8Cl2N2O2S.C14H14N2O2S/c1-2-23-19(22)17-15(10-12-5-3-6-13(20)9-12)25-16(18(17)21)11-14-7-4-8-24-14;1-3-6-22-18(24)16(17(23)20-19(22)26)12-14-4-5-15(11-13(14)2)21-7-9-25-10-8-21;1-9-2-4-11(5-3-9)17-19-16(22)14(23-17)8-10-6-12(18)15(21)13(20)7-10;1-4-10-5-7-11(8-6-10)9-12-13(18)16(2)15(20)17(3)14(12)19;15-9-4-1-5-10(12(9)16)17-14-18-13(19)11(21-14)7-8-3-2-6-20-8;1-9-6-4-5-7-10(9)8-11-12(17)15(2)14(19)16(3)13(11)18/h3-9,11H,2,10H2,1H3;3-5,11-12H,1,6-10H2,2H3,(H,20,23,26);2-8,20-21H,1H3;5-9H,4H2,1-3H3;1-7H,(H,17,18,19);4-8H,1-3H3/b16-11-;16-12-;14-8-;;11-7+;. The lowest BCUT2D eigenvalue weighted by molar-refractivity contribution is -0.140. The number of carbonyl (C=O) groups is 10. The summed E-state index contributed by atoms with van der Waals surface area (Å²) in [6.07, 6.45) is 15.8. The quantitative estimate of drug-likeness (QED) is 0.0174. The molecule has 26 nitrogen and oxygen atoms in total. The molecule has 9 heterocycles. The van der Waals surface area contributed by atoms with Gasteiger partial charge in [0.2, 0.25) is 5.78 Å². The van der Waals surface area contributed by atoms with Gasteiger partial charge in [-0.1, -0.05) is 174 Å². The topological polar surface area (TPSA) is 324 Å². The molecule has 0 spiro atoms. The van der Waals surface area contributed by atoms with Crippen LogP contribution in [0.2, 0.25) is 15.1 Å². The average Bonchev–Trinajstić information content (AvgIpc) is 0.802. The van der Waals surface area contributed by atoms with Crippen LogP contribution < -0.4 is 15.5 Å². The number of carbonyl (C=O) groups excluding carboxylic acids is 10. The van der Waals surface area contributed by atoms with Gasteiger partial charge in [-0.3, -0.25) is 73.0 Å². The van der Waals surface area contributed by atoms with Gasteiger partial charge in [0.25, 0.3) is 47.3 Å². The van der Waals surface area contributed by atoms with Crippen LogP contribution in [0.3, 0.4) is 0 Å². The van der Waals surface area contributed by atoms with E-state index in [2.05, 4.69) is 61.0 Å². The predicted octanol–water partition coefficient (Wildman–Crippen LogP) is 18.4. The van der Waals surface area contributed by atoms with E-state index in [9.17, 15) is 58.2 Å². The van der Waals surface area contributed by atoms with Gasteiger partial charge in [0.05, 0.1) is 67.3 Å². The van der Waals surface area contributed by atoms with E-state index in [1.165, 1.54) is 77.7 Å². The van der Waals surface area contributed by atoms with Crippen molar-refractivity contribution in [2.45, 2.75) is 47.5 Å². The molecular weight excluding hydrogens is 1950 g/mol. The highest BCUT2D eigenvalue weighted by atomic mass is 79.9. The van der Waals surface area contributed by atoms with E-state index in [4.69, 9.17) is 89.8 Å². The van der Waals surface area contributed by atoms with Crippen molar-refractivity contribution in [2.75, 3.05) is 72.5 Å². The lowest BCUT2D eigenvalue weighted by Gasteiger charge is -2.31. The molecule has 2 aromatic heterocycles. The Bertz CT molecular complexity index is 6410. The van der Waals surface area contributed by atoms with Crippen LogP contribution in [0.4, 0.5) is 11.4 Å². The molecule has 0 radical (unpaired) electrons. The van der Waals surface area contributed by atoms with Crippen molar-refractivity contribution in [3.63, 3.8) is 0 Å². The molecule has 0 aliphatic carbocycles. The monoisotopic (exact) mass is 2030 g/mol. The average molecular weight is 2040 g/mol. The van der Waals surface area contributed by atoms with Crippen molar-refractivity contribution in [1.29, 1.82) is 0 Å². The molecule has 0 saturated carbocycles. The number of aromatic hydroxyl groups is 2. The van der Waals surface area contributed by atoms with Gasteiger partial charge in [0, 0.05) is 81.5 Å². The first-order chi connectivity index (χ1) is 64.0. The fraction of sp³-hybridized carbons (Fsp3) is 0.173. The summed E-state index contributed by atoms with van der Waals surface area (Å²) >= 11 is 40.1. The molecule has 7 aliphatic heterocycles. The number of benzene rings is 7. The number of morpholine rings is 1. The molecule has 4 N–H and O–H groups in total. The number of halogens is 4. The number of furan rings is 2. The second kappa shape index (κ2) is 47.4. The first kappa shape index (κ1) is 102. The van der Waals surface area contributed by atoms with Crippen LogP contribution in [0.5, 0.6) is 11.5 Å². The Morgan fingerprint density at radius 3 is 1.78 bits per heavy atom. The number of nitrogens with one attached hydrogen (secondary N) is 2. The number of amidine groups is 1. The number of aryl methyl sites for hydroxylation is 4. The Morgan fingerprint density at radius 1 is 0.597 bits per heavy atom. The third kappa shape index (κ3) is 26.1. The number of anilines is 1. The Labute approximate surface area is 825 Å². The minimum Gasteiger partial charge on any atom is -0.504 e. The number of phenolic OH excluding ortho intramolecular Hbond substituents is 2. The molecular formula is C98H86BrCl3N10O16S6. The number of phenols is 2. The van der Waals surface area contributed by atoms with Crippen molar-refractivity contribution < 1.29 is 76.5 Å². The van der Waals surface area contributed by atoms with Gasteiger partial charge in [0.15, 0.2) is 32.0 Å². The zero-order chi connectivity index (χ0) is 96.9. The Balaban J connectivity index is 0.000000155. The normalized spacial score (nSPS) is 17.1. The fourth-order valence-corrected chi connectivity index (χ4v) is 17.5. The van der Waals surface area contributed by atoms with Crippen LogP contribution >= 0.6 is 123 Å². The summed E-state index contributed by atoms with van der Waals surface area (Å²) in [7, 11) is 6.28. The van der Waals surface area contributed by atoms with Gasteiger partial charge in [-0.15, -0.1) is 6.58 Å². The molecule has 5 fully saturated rings. The molecule has 0 unspecified atom stereocenters. The van der Waals surface area contributed by atoms with Gasteiger partial charge < -0.3 is 38.7 Å². The van der Waals surface area contributed by atoms with E-state index < -0.39 is 17.8 Å². The summed E-state index contributed by atoms with van der Waals surface area (Å²) in [6.45, 7) is 16.9. The Hall–Kier alpha value is -12.5. The molecule has 0 atom stereocenters. The van der Waals surface area contributed by atoms with Crippen molar-refractivity contribution >= 4 is 255 Å². The van der Waals surface area contributed by atoms with Crippen molar-refractivity contribution in [3.05, 3.63) is 324 Å². The van der Waals surface area contributed by atoms with Crippen LogP contribution in [0.1, 0.15) is 81.0 Å². The van der Waals surface area contributed by atoms with E-state index in [-0.39, 0.29) is 104 Å².